The summed E-state index contributed by atoms with van der Waals surface area (Å²) in [5.74, 6) is 1.93. The standard InChI is InChI=1S/C16H21ClN4/c1-10(11-5-7-12(17)8-6-11)19-14-9-13(18)20-15(21-14)16(2,3)4/h5-10H,1-4H3,(H3,18,19,20,21). The zero-order chi connectivity index (χ0) is 15.6. The number of anilines is 2. The molecular formula is C16H21ClN4. The minimum absolute atomic E-state index is 0.101. The van der Waals surface area contributed by atoms with Gasteiger partial charge in [0.25, 0.3) is 0 Å². The minimum Gasteiger partial charge on any atom is -0.384 e. The van der Waals surface area contributed by atoms with E-state index in [2.05, 4.69) is 43.0 Å². The van der Waals surface area contributed by atoms with Crippen molar-refractivity contribution in [2.75, 3.05) is 11.1 Å². The lowest BCUT2D eigenvalue weighted by atomic mass is 9.96. The molecule has 4 nitrogen and oxygen atoms in total. The minimum atomic E-state index is -0.144. The predicted molar refractivity (Wildman–Crippen MR) is 88.6 cm³/mol. The van der Waals surface area contributed by atoms with Crippen molar-refractivity contribution in [3.63, 3.8) is 0 Å². The molecule has 0 aliphatic carbocycles. The Kier molecular flexibility index (Phi) is 4.37. The van der Waals surface area contributed by atoms with E-state index in [1.807, 2.05) is 24.3 Å². The lowest BCUT2D eigenvalue weighted by molar-refractivity contribution is 0.546. The van der Waals surface area contributed by atoms with E-state index in [4.69, 9.17) is 17.3 Å². The van der Waals surface area contributed by atoms with Crippen molar-refractivity contribution in [2.45, 2.75) is 39.2 Å². The summed E-state index contributed by atoms with van der Waals surface area (Å²) in [4.78, 5) is 8.87. The third-order valence-corrected chi connectivity index (χ3v) is 3.40. The zero-order valence-electron chi connectivity index (χ0n) is 12.8. The molecule has 1 heterocycles. The van der Waals surface area contributed by atoms with Crippen LogP contribution < -0.4 is 11.1 Å². The average molecular weight is 305 g/mol. The van der Waals surface area contributed by atoms with Crippen LogP contribution in [0, 0.1) is 0 Å². The molecule has 2 rings (SSSR count). The maximum Gasteiger partial charge on any atom is 0.138 e. The highest BCUT2D eigenvalue weighted by molar-refractivity contribution is 6.30. The molecule has 3 N–H and O–H groups in total. The summed E-state index contributed by atoms with van der Waals surface area (Å²) in [6, 6.07) is 9.60. The first-order valence-corrected chi connectivity index (χ1v) is 7.30. The Hall–Kier alpha value is -1.81. The Labute approximate surface area is 130 Å². The number of rotatable bonds is 3. The Morgan fingerprint density at radius 2 is 1.76 bits per heavy atom. The molecule has 1 atom stereocenters. The molecule has 112 valence electrons. The summed E-state index contributed by atoms with van der Waals surface area (Å²) in [6.07, 6.45) is 0. The quantitative estimate of drug-likeness (QED) is 0.892. The average Bonchev–Trinajstić information content (AvgIpc) is 2.37. The van der Waals surface area contributed by atoms with E-state index in [1.165, 1.54) is 0 Å². The van der Waals surface area contributed by atoms with Crippen LogP contribution in [-0.2, 0) is 5.41 Å². The Morgan fingerprint density at radius 1 is 1.14 bits per heavy atom. The van der Waals surface area contributed by atoms with Crippen LogP contribution in [0.3, 0.4) is 0 Å². The normalized spacial score (nSPS) is 13.0. The number of benzene rings is 1. The number of hydrogen-bond donors (Lipinski definition) is 2. The highest BCUT2D eigenvalue weighted by atomic mass is 35.5. The number of aromatic nitrogens is 2. The highest BCUT2D eigenvalue weighted by Gasteiger charge is 2.19. The molecular weight excluding hydrogens is 284 g/mol. The van der Waals surface area contributed by atoms with E-state index < -0.39 is 0 Å². The maximum absolute atomic E-state index is 5.91. The summed E-state index contributed by atoms with van der Waals surface area (Å²) in [5, 5.41) is 4.09. The molecule has 0 amide bonds. The van der Waals surface area contributed by atoms with Crippen molar-refractivity contribution in [2.24, 2.45) is 0 Å². The van der Waals surface area contributed by atoms with Gasteiger partial charge in [0.05, 0.1) is 0 Å². The fourth-order valence-electron chi connectivity index (χ4n) is 1.93. The third kappa shape index (κ3) is 4.08. The van der Waals surface area contributed by atoms with E-state index >= 15 is 0 Å². The number of nitrogens with one attached hydrogen (secondary N) is 1. The van der Waals surface area contributed by atoms with E-state index in [0.29, 0.717) is 5.82 Å². The second kappa shape index (κ2) is 5.90. The summed E-state index contributed by atoms with van der Waals surface area (Å²) in [5.41, 5.74) is 6.87. The van der Waals surface area contributed by atoms with Gasteiger partial charge in [-0.1, -0.05) is 44.5 Å². The van der Waals surface area contributed by atoms with Gasteiger partial charge in [0.15, 0.2) is 0 Å². The summed E-state index contributed by atoms with van der Waals surface area (Å²) >= 11 is 5.91. The van der Waals surface area contributed by atoms with Crippen molar-refractivity contribution < 1.29 is 0 Å². The van der Waals surface area contributed by atoms with Crippen LogP contribution in [0.1, 0.15) is 45.1 Å². The number of nitrogen functional groups attached to an aromatic ring is 1. The lowest BCUT2D eigenvalue weighted by Crippen LogP contribution is -2.19. The van der Waals surface area contributed by atoms with Crippen LogP contribution in [0.5, 0.6) is 0 Å². The van der Waals surface area contributed by atoms with Crippen LogP contribution >= 0.6 is 11.6 Å². The first kappa shape index (κ1) is 15.6. The molecule has 0 spiro atoms. The van der Waals surface area contributed by atoms with Gasteiger partial charge in [-0.3, -0.25) is 0 Å². The van der Waals surface area contributed by atoms with Crippen LogP contribution in [-0.4, -0.2) is 9.97 Å². The van der Waals surface area contributed by atoms with Gasteiger partial charge in [-0.15, -0.1) is 0 Å². The molecule has 2 aromatic rings. The molecule has 1 aromatic heterocycles. The molecule has 0 saturated carbocycles. The Bertz CT molecular complexity index is 617. The highest BCUT2D eigenvalue weighted by Crippen LogP contribution is 2.24. The molecule has 0 saturated heterocycles. The van der Waals surface area contributed by atoms with Gasteiger partial charge >= 0.3 is 0 Å². The molecule has 5 heteroatoms. The van der Waals surface area contributed by atoms with Gasteiger partial charge in [0, 0.05) is 22.5 Å². The smallest absolute Gasteiger partial charge is 0.138 e. The second-order valence-corrected chi connectivity index (χ2v) is 6.61. The number of hydrogen-bond acceptors (Lipinski definition) is 4. The summed E-state index contributed by atoms with van der Waals surface area (Å²) in [6.45, 7) is 8.26. The van der Waals surface area contributed by atoms with Gasteiger partial charge in [-0.2, -0.15) is 0 Å². The van der Waals surface area contributed by atoms with Gasteiger partial charge in [0.1, 0.15) is 17.5 Å². The topological polar surface area (TPSA) is 63.8 Å². The van der Waals surface area contributed by atoms with Crippen molar-refractivity contribution in [3.05, 3.63) is 46.7 Å². The van der Waals surface area contributed by atoms with Crippen molar-refractivity contribution in [1.29, 1.82) is 0 Å². The molecule has 21 heavy (non-hydrogen) atoms. The Balaban J connectivity index is 2.23. The van der Waals surface area contributed by atoms with E-state index in [0.717, 1.165) is 22.2 Å². The Morgan fingerprint density at radius 3 is 2.33 bits per heavy atom. The van der Waals surface area contributed by atoms with Crippen molar-refractivity contribution in [1.82, 2.24) is 9.97 Å². The first-order chi connectivity index (χ1) is 9.75. The molecule has 1 aromatic carbocycles. The van der Waals surface area contributed by atoms with Gasteiger partial charge < -0.3 is 11.1 Å². The fourth-order valence-corrected chi connectivity index (χ4v) is 2.06. The lowest BCUT2D eigenvalue weighted by Gasteiger charge is -2.20. The SMILES string of the molecule is CC(Nc1cc(N)nc(C(C)(C)C)n1)c1ccc(Cl)cc1. The maximum atomic E-state index is 5.91. The van der Waals surface area contributed by atoms with E-state index in [1.54, 1.807) is 6.07 Å². The second-order valence-electron chi connectivity index (χ2n) is 6.17. The van der Waals surface area contributed by atoms with Crippen LogP contribution in [0.15, 0.2) is 30.3 Å². The van der Waals surface area contributed by atoms with E-state index in [-0.39, 0.29) is 11.5 Å². The fraction of sp³-hybridized carbons (Fsp3) is 0.375. The molecule has 0 radical (unpaired) electrons. The van der Waals surface area contributed by atoms with Crippen LogP contribution in [0.4, 0.5) is 11.6 Å². The van der Waals surface area contributed by atoms with Crippen LogP contribution in [0.25, 0.3) is 0 Å². The first-order valence-electron chi connectivity index (χ1n) is 6.93. The van der Waals surface area contributed by atoms with Gasteiger partial charge in [-0.25, -0.2) is 9.97 Å². The van der Waals surface area contributed by atoms with Crippen LogP contribution in [0.2, 0.25) is 5.02 Å². The predicted octanol–water partition coefficient (Wildman–Crippen LogP) is 4.18. The molecule has 0 aliphatic rings. The molecule has 0 bridgehead atoms. The van der Waals surface area contributed by atoms with E-state index in [9.17, 15) is 0 Å². The summed E-state index contributed by atoms with van der Waals surface area (Å²) < 4.78 is 0. The third-order valence-electron chi connectivity index (χ3n) is 3.15. The number of nitrogens with zero attached hydrogens (tertiary/aromatic N) is 2. The summed E-state index contributed by atoms with van der Waals surface area (Å²) in [7, 11) is 0. The van der Waals surface area contributed by atoms with Crippen molar-refractivity contribution >= 4 is 23.2 Å². The van der Waals surface area contributed by atoms with Crippen molar-refractivity contribution in [3.8, 4) is 0 Å². The zero-order valence-corrected chi connectivity index (χ0v) is 13.6. The molecule has 0 aliphatic heterocycles. The monoisotopic (exact) mass is 304 g/mol. The number of halogens is 1. The molecule has 0 fully saturated rings. The van der Waals surface area contributed by atoms with Gasteiger partial charge in [-0.05, 0) is 24.6 Å². The largest absolute Gasteiger partial charge is 0.384 e. The number of nitrogens with two attached hydrogens (primary N) is 1. The molecule has 1 unspecified atom stereocenters. The van der Waals surface area contributed by atoms with Gasteiger partial charge in [0.2, 0.25) is 0 Å².